The Kier molecular flexibility index (Phi) is 5.35. The number of aryl methyl sites for hydroxylation is 1. The van der Waals surface area contributed by atoms with Gasteiger partial charge in [-0.2, -0.15) is 4.98 Å². The molecule has 2 amide bonds. The molecule has 1 fully saturated rings. The maximum Gasteiger partial charge on any atom is 0.240 e. The van der Waals surface area contributed by atoms with Gasteiger partial charge in [0.05, 0.1) is 12.6 Å². The van der Waals surface area contributed by atoms with Gasteiger partial charge >= 0.3 is 0 Å². The van der Waals surface area contributed by atoms with Crippen molar-refractivity contribution in [1.82, 2.24) is 20.8 Å². The third kappa shape index (κ3) is 4.07. The largest absolute Gasteiger partial charge is 0.346 e. The van der Waals surface area contributed by atoms with Gasteiger partial charge in [-0.25, -0.2) is 0 Å². The van der Waals surface area contributed by atoms with Crippen LogP contribution in [-0.4, -0.2) is 34.5 Å². The number of nitrogens with two attached hydrogens (primary N) is 1. The van der Waals surface area contributed by atoms with Crippen molar-refractivity contribution in [2.75, 3.05) is 6.54 Å². The number of carbonyl (C=O) groups is 2. The van der Waals surface area contributed by atoms with Crippen LogP contribution in [0.1, 0.15) is 51.2 Å². The molecule has 1 aromatic heterocycles. The first-order valence-electron chi connectivity index (χ1n) is 7.99. The number of hydrogen-bond donors (Lipinski definition) is 3. The van der Waals surface area contributed by atoms with Crippen LogP contribution >= 0.6 is 0 Å². The van der Waals surface area contributed by atoms with Gasteiger partial charge in [0.15, 0.2) is 5.82 Å². The van der Waals surface area contributed by atoms with E-state index in [4.69, 9.17) is 10.3 Å². The van der Waals surface area contributed by atoms with Gasteiger partial charge < -0.3 is 20.9 Å². The molecule has 0 spiro atoms. The smallest absolute Gasteiger partial charge is 0.240 e. The van der Waals surface area contributed by atoms with E-state index in [2.05, 4.69) is 20.8 Å². The molecule has 0 bridgehead atoms. The fraction of sp³-hybridized carbons (Fsp3) is 0.733. The molecule has 1 aliphatic carbocycles. The van der Waals surface area contributed by atoms with E-state index in [-0.39, 0.29) is 24.3 Å². The molecule has 8 heteroatoms. The van der Waals surface area contributed by atoms with Gasteiger partial charge in [0, 0.05) is 6.92 Å². The molecule has 1 atom stereocenters. The molecule has 8 nitrogen and oxygen atoms in total. The van der Waals surface area contributed by atoms with Crippen molar-refractivity contribution in [3.8, 4) is 0 Å². The lowest BCUT2D eigenvalue weighted by atomic mass is 9.96. The van der Waals surface area contributed by atoms with Gasteiger partial charge in [-0.3, -0.25) is 9.59 Å². The fourth-order valence-electron chi connectivity index (χ4n) is 2.78. The molecule has 0 unspecified atom stereocenters. The second-order valence-electron chi connectivity index (χ2n) is 6.46. The Bertz CT molecular complexity index is 563. The van der Waals surface area contributed by atoms with Crippen LogP contribution in [0.15, 0.2) is 4.52 Å². The quantitative estimate of drug-likeness (QED) is 0.694. The fourth-order valence-corrected chi connectivity index (χ4v) is 2.78. The zero-order chi connectivity index (χ0) is 17.0. The highest BCUT2D eigenvalue weighted by Crippen LogP contribution is 2.37. The minimum atomic E-state index is -0.622. The van der Waals surface area contributed by atoms with E-state index >= 15 is 0 Å². The maximum atomic E-state index is 12.2. The molecule has 1 aliphatic rings. The summed E-state index contributed by atoms with van der Waals surface area (Å²) >= 11 is 0. The summed E-state index contributed by atoms with van der Waals surface area (Å²) in [5.41, 5.74) is 5.16. The molecule has 1 aromatic rings. The third-order valence-electron chi connectivity index (χ3n) is 4.24. The molecule has 4 N–H and O–H groups in total. The van der Waals surface area contributed by atoms with E-state index in [0.29, 0.717) is 11.7 Å². The minimum Gasteiger partial charge on any atom is -0.346 e. The van der Waals surface area contributed by atoms with Crippen molar-refractivity contribution in [3.05, 3.63) is 11.7 Å². The number of aromatic nitrogens is 2. The van der Waals surface area contributed by atoms with Crippen LogP contribution in [-0.2, 0) is 15.1 Å². The number of nitrogens with one attached hydrogen (secondary N) is 2. The van der Waals surface area contributed by atoms with E-state index in [1.54, 1.807) is 6.92 Å². The SMILES string of the molecule is Cc1nc(C2(NC(=O)CNC(=O)[C@@H](N)C(C)C)CCCC2)no1. The molecule has 0 radical (unpaired) electrons. The van der Waals surface area contributed by atoms with Crippen LogP contribution in [0.25, 0.3) is 0 Å². The van der Waals surface area contributed by atoms with Crippen LogP contribution in [0.5, 0.6) is 0 Å². The second kappa shape index (κ2) is 7.08. The lowest BCUT2D eigenvalue weighted by molar-refractivity contribution is -0.128. The number of rotatable bonds is 6. The third-order valence-corrected chi connectivity index (χ3v) is 4.24. The predicted molar refractivity (Wildman–Crippen MR) is 83.1 cm³/mol. The highest BCUT2D eigenvalue weighted by molar-refractivity contribution is 5.87. The first-order valence-corrected chi connectivity index (χ1v) is 7.99. The monoisotopic (exact) mass is 323 g/mol. The Morgan fingerprint density at radius 2 is 2.00 bits per heavy atom. The summed E-state index contributed by atoms with van der Waals surface area (Å²) in [6, 6.07) is -0.622. The van der Waals surface area contributed by atoms with Crippen LogP contribution < -0.4 is 16.4 Å². The van der Waals surface area contributed by atoms with Crippen LogP contribution in [0.2, 0.25) is 0 Å². The summed E-state index contributed by atoms with van der Waals surface area (Å²) in [5, 5.41) is 9.50. The summed E-state index contributed by atoms with van der Waals surface area (Å²) < 4.78 is 5.04. The molecule has 0 aliphatic heterocycles. The molecule has 1 heterocycles. The molecular formula is C15H25N5O3. The maximum absolute atomic E-state index is 12.2. The van der Waals surface area contributed by atoms with E-state index < -0.39 is 11.6 Å². The average molecular weight is 323 g/mol. The summed E-state index contributed by atoms with van der Waals surface area (Å²) in [5.74, 6) is 0.383. The van der Waals surface area contributed by atoms with Crippen molar-refractivity contribution >= 4 is 11.8 Å². The van der Waals surface area contributed by atoms with E-state index in [9.17, 15) is 9.59 Å². The van der Waals surface area contributed by atoms with Crippen molar-refractivity contribution in [3.63, 3.8) is 0 Å². The summed E-state index contributed by atoms with van der Waals surface area (Å²) in [4.78, 5) is 28.3. The Labute approximate surface area is 135 Å². The lowest BCUT2D eigenvalue weighted by Crippen LogP contribution is -2.51. The Morgan fingerprint density at radius 1 is 1.35 bits per heavy atom. The second-order valence-corrected chi connectivity index (χ2v) is 6.46. The molecule has 0 aromatic carbocycles. The van der Waals surface area contributed by atoms with Gasteiger partial charge in [-0.1, -0.05) is 31.8 Å². The summed E-state index contributed by atoms with van der Waals surface area (Å²) in [6.45, 7) is 5.32. The lowest BCUT2D eigenvalue weighted by Gasteiger charge is -2.27. The predicted octanol–water partition coefficient (Wildman–Crippen LogP) is 0.363. The van der Waals surface area contributed by atoms with Gasteiger partial charge in [-0.15, -0.1) is 0 Å². The van der Waals surface area contributed by atoms with Crippen molar-refractivity contribution in [2.24, 2.45) is 11.7 Å². The number of carbonyl (C=O) groups excluding carboxylic acids is 2. The molecule has 128 valence electrons. The summed E-state index contributed by atoms with van der Waals surface area (Å²) in [7, 11) is 0. The molecule has 2 rings (SSSR count). The van der Waals surface area contributed by atoms with E-state index in [1.165, 1.54) is 0 Å². The highest BCUT2D eigenvalue weighted by Gasteiger charge is 2.41. The Balaban J connectivity index is 1.96. The Morgan fingerprint density at radius 3 is 2.52 bits per heavy atom. The van der Waals surface area contributed by atoms with Gasteiger partial charge in [0.1, 0.15) is 5.54 Å². The summed E-state index contributed by atoms with van der Waals surface area (Å²) in [6.07, 6.45) is 3.49. The number of amides is 2. The van der Waals surface area contributed by atoms with E-state index in [1.807, 2.05) is 13.8 Å². The van der Waals surface area contributed by atoms with E-state index in [0.717, 1.165) is 25.7 Å². The molecular weight excluding hydrogens is 298 g/mol. The minimum absolute atomic E-state index is 0.0153. The van der Waals surface area contributed by atoms with Crippen LogP contribution in [0.3, 0.4) is 0 Å². The normalized spacial score (nSPS) is 18.0. The zero-order valence-electron chi connectivity index (χ0n) is 13.9. The first-order chi connectivity index (χ1) is 10.8. The van der Waals surface area contributed by atoms with Gasteiger partial charge in [0.25, 0.3) is 0 Å². The zero-order valence-corrected chi connectivity index (χ0v) is 13.9. The molecule has 1 saturated carbocycles. The first kappa shape index (κ1) is 17.4. The average Bonchev–Trinajstić information content (AvgIpc) is 3.13. The van der Waals surface area contributed by atoms with Gasteiger partial charge in [-0.05, 0) is 18.8 Å². The number of hydrogen-bond acceptors (Lipinski definition) is 6. The highest BCUT2D eigenvalue weighted by atomic mass is 16.5. The molecule has 23 heavy (non-hydrogen) atoms. The standard InChI is InChI=1S/C15H25N5O3/c1-9(2)12(16)13(22)17-8-11(21)19-15(6-4-5-7-15)14-18-10(3)23-20-14/h9,12H,4-8,16H2,1-3H3,(H,17,22)(H,19,21)/t12-/m0/s1. The number of nitrogens with zero attached hydrogens (tertiary/aromatic N) is 2. The van der Waals surface area contributed by atoms with Crippen molar-refractivity contribution in [1.29, 1.82) is 0 Å². The molecule has 0 saturated heterocycles. The Hall–Kier alpha value is -1.96. The van der Waals surface area contributed by atoms with Crippen molar-refractivity contribution in [2.45, 2.75) is 58.0 Å². The van der Waals surface area contributed by atoms with Gasteiger partial charge in [0.2, 0.25) is 17.7 Å². The van der Waals surface area contributed by atoms with Crippen molar-refractivity contribution < 1.29 is 14.1 Å². The van der Waals surface area contributed by atoms with Crippen LogP contribution in [0.4, 0.5) is 0 Å². The van der Waals surface area contributed by atoms with Crippen LogP contribution in [0, 0.1) is 12.8 Å². The topological polar surface area (TPSA) is 123 Å².